The molecule has 0 saturated carbocycles. The molecule has 0 aliphatic heterocycles. The van der Waals surface area contributed by atoms with Crippen LogP contribution in [0.2, 0.25) is 0 Å². The van der Waals surface area contributed by atoms with E-state index < -0.39 is 10.0 Å². The molecular weight excluding hydrogens is 252 g/mol. The first-order valence-electron chi connectivity index (χ1n) is 5.91. The molecule has 0 spiro atoms. The van der Waals surface area contributed by atoms with Crippen LogP contribution in [0.4, 0.5) is 5.69 Å². The fourth-order valence-electron chi connectivity index (χ4n) is 1.44. The number of hydrogen-bond acceptors (Lipinski definition) is 4. The van der Waals surface area contributed by atoms with Crippen molar-refractivity contribution in [2.24, 2.45) is 0 Å². The Balaban J connectivity index is 2.36. The van der Waals surface area contributed by atoms with Gasteiger partial charge in [0.25, 0.3) is 0 Å². The summed E-state index contributed by atoms with van der Waals surface area (Å²) >= 11 is 0. The molecule has 18 heavy (non-hydrogen) atoms. The average Bonchev–Trinajstić information content (AvgIpc) is 2.29. The summed E-state index contributed by atoms with van der Waals surface area (Å²) in [6, 6.07) is 5.37. The lowest BCUT2D eigenvalue weighted by molar-refractivity contribution is 0.322. The van der Waals surface area contributed by atoms with Gasteiger partial charge in [-0.3, -0.25) is 0 Å². The number of sulfonamides is 1. The van der Waals surface area contributed by atoms with Gasteiger partial charge in [0, 0.05) is 12.2 Å². The van der Waals surface area contributed by atoms with Crippen molar-refractivity contribution in [2.45, 2.75) is 20.3 Å². The summed E-state index contributed by atoms with van der Waals surface area (Å²) in [5.41, 5.74) is 7.34. The second-order valence-electron chi connectivity index (χ2n) is 4.08. The molecule has 0 aliphatic rings. The van der Waals surface area contributed by atoms with Gasteiger partial charge in [-0.05, 0) is 37.1 Å². The zero-order chi connectivity index (χ0) is 13.6. The molecule has 1 aromatic carbocycles. The number of anilines is 1. The van der Waals surface area contributed by atoms with E-state index in [0.29, 0.717) is 24.5 Å². The van der Waals surface area contributed by atoms with Crippen molar-refractivity contribution >= 4 is 15.7 Å². The molecule has 0 bridgehead atoms. The van der Waals surface area contributed by atoms with E-state index in [0.717, 1.165) is 5.56 Å². The fraction of sp³-hybridized carbons (Fsp3) is 0.500. The number of rotatable bonds is 7. The molecule has 0 saturated heterocycles. The standard InChI is InChI=1S/C12H20N2O3S/c1-3-8-18(15,16)14-6-7-17-11-4-5-12(13)10(2)9-11/h4-5,9,14H,3,6-8,13H2,1-2H3. The lowest BCUT2D eigenvalue weighted by atomic mass is 10.2. The predicted molar refractivity (Wildman–Crippen MR) is 73.2 cm³/mol. The molecule has 6 heteroatoms. The first-order chi connectivity index (χ1) is 8.44. The SMILES string of the molecule is CCCS(=O)(=O)NCCOc1ccc(N)c(C)c1. The number of ether oxygens (including phenoxy) is 1. The van der Waals surface area contributed by atoms with Crippen LogP contribution in [0.15, 0.2) is 18.2 Å². The van der Waals surface area contributed by atoms with Crippen LogP contribution in [-0.4, -0.2) is 27.3 Å². The summed E-state index contributed by atoms with van der Waals surface area (Å²) in [4.78, 5) is 0. The van der Waals surface area contributed by atoms with Gasteiger partial charge >= 0.3 is 0 Å². The molecule has 0 aromatic heterocycles. The Kier molecular flexibility index (Phi) is 5.43. The Bertz CT molecular complexity index is 486. The fourth-order valence-corrected chi connectivity index (χ4v) is 2.52. The van der Waals surface area contributed by atoms with Crippen LogP contribution in [0.5, 0.6) is 5.75 Å². The topological polar surface area (TPSA) is 81.4 Å². The molecule has 0 aliphatic carbocycles. The number of hydrogen-bond donors (Lipinski definition) is 2. The normalized spacial score (nSPS) is 11.4. The van der Waals surface area contributed by atoms with Gasteiger partial charge in [-0.15, -0.1) is 0 Å². The van der Waals surface area contributed by atoms with Crippen molar-refractivity contribution in [3.63, 3.8) is 0 Å². The number of nitrogen functional groups attached to an aromatic ring is 1. The van der Waals surface area contributed by atoms with Crippen molar-refractivity contribution in [1.29, 1.82) is 0 Å². The summed E-state index contributed by atoms with van der Waals surface area (Å²) in [6.07, 6.45) is 0.605. The highest BCUT2D eigenvalue weighted by molar-refractivity contribution is 7.89. The molecule has 0 fully saturated rings. The first-order valence-corrected chi connectivity index (χ1v) is 7.56. The van der Waals surface area contributed by atoms with Gasteiger partial charge in [0.05, 0.1) is 5.75 Å². The van der Waals surface area contributed by atoms with Crippen molar-refractivity contribution in [3.8, 4) is 5.75 Å². The van der Waals surface area contributed by atoms with Gasteiger partial charge < -0.3 is 10.5 Å². The zero-order valence-electron chi connectivity index (χ0n) is 10.8. The number of aryl methyl sites for hydroxylation is 1. The van der Waals surface area contributed by atoms with Crippen LogP contribution in [-0.2, 0) is 10.0 Å². The molecule has 5 nitrogen and oxygen atoms in total. The van der Waals surface area contributed by atoms with Crippen molar-refractivity contribution in [1.82, 2.24) is 4.72 Å². The highest BCUT2D eigenvalue weighted by Gasteiger charge is 2.07. The lowest BCUT2D eigenvalue weighted by Gasteiger charge is -2.09. The molecule has 0 radical (unpaired) electrons. The van der Waals surface area contributed by atoms with E-state index in [1.807, 2.05) is 19.9 Å². The molecular formula is C12H20N2O3S. The van der Waals surface area contributed by atoms with Gasteiger partial charge in [0.2, 0.25) is 10.0 Å². The van der Waals surface area contributed by atoms with Gasteiger partial charge in [-0.1, -0.05) is 6.92 Å². The molecule has 1 aromatic rings. The summed E-state index contributed by atoms with van der Waals surface area (Å²) in [5, 5.41) is 0. The Hall–Kier alpha value is -1.27. The van der Waals surface area contributed by atoms with Gasteiger partial charge in [0.15, 0.2) is 0 Å². The number of benzene rings is 1. The third-order valence-electron chi connectivity index (χ3n) is 2.41. The monoisotopic (exact) mass is 272 g/mol. The second-order valence-corrected chi connectivity index (χ2v) is 6.01. The van der Waals surface area contributed by atoms with E-state index in [1.165, 1.54) is 0 Å². The molecule has 3 N–H and O–H groups in total. The molecule has 0 amide bonds. The minimum Gasteiger partial charge on any atom is -0.492 e. The van der Waals surface area contributed by atoms with Crippen LogP contribution in [0.3, 0.4) is 0 Å². The summed E-state index contributed by atoms with van der Waals surface area (Å²) in [7, 11) is -3.15. The molecule has 1 rings (SSSR count). The minimum atomic E-state index is -3.15. The number of nitrogens with one attached hydrogen (secondary N) is 1. The van der Waals surface area contributed by atoms with E-state index in [9.17, 15) is 8.42 Å². The Morgan fingerprint density at radius 1 is 1.39 bits per heavy atom. The Labute approximate surface area is 108 Å². The number of nitrogens with two attached hydrogens (primary N) is 1. The van der Waals surface area contributed by atoms with Crippen LogP contribution >= 0.6 is 0 Å². The summed E-state index contributed by atoms with van der Waals surface area (Å²) in [6.45, 7) is 4.29. The first kappa shape index (κ1) is 14.8. The van der Waals surface area contributed by atoms with Crippen molar-refractivity contribution in [3.05, 3.63) is 23.8 Å². The maximum atomic E-state index is 11.4. The van der Waals surface area contributed by atoms with Gasteiger partial charge in [-0.25, -0.2) is 13.1 Å². The maximum absolute atomic E-state index is 11.4. The Morgan fingerprint density at radius 2 is 2.11 bits per heavy atom. The third-order valence-corrected chi connectivity index (χ3v) is 4.00. The second kappa shape index (κ2) is 6.61. The van der Waals surface area contributed by atoms with Crippen LogP contribution in [0.1, 0.15) is 18.9 Å². The largest absolute Gasteiger partial charge is 0.492 e. The quantitative estimate of drug-likeness (QED) is 0.579. The summed E-state index contributed by atoms with van der Waals surface area (Å²) in [5.74, 6) is 0.838. The molecule has 102 valence electrons. The van der Waals surface area contributed by atoms with Gasteiger partial charge in [-0.2, -0.15) is 0 Å². The van der Waals surface area contributed by atoms with Crippen LogP contribution in [0.25, 0.3) is 0 Å². The third kappa shape index (κ3) is 4.93. The smallest absolute Gasteiger partial charge is 0.211 e. The van der Waals surface area contributed by atoms with Crippen LogP contribution < -0.4 is 15.2 Å². The van der Waals surface area contributed by atoms with E-state index in [4.69, 9.17) is 10.5 Å². The zero-order valence-corrected chi connectivity index (χ0v) is 11.6. The van der Waals surface area contributed by atoms with Crippen molar-refractivity contribution < 1.29 is 13.2 Å². The molecule has 0 heterocycles. The highest BCUT2D eigenvalue weighted by atomic mass is 32.2. The maximum Gasteiger partial charge on any atom is 0.211 e. The van der Waals surface area contributed by atoms with Gasteiger partial charge in [0.1, 0.15) is 12.4 Å². The van der Waals surface area contributed by atoms with E-state index >= 15 is 0 Å². The molecule has 0 unspecified atom stereocenters. The van der Waals surface area contributed by atoms with E-state index in [-0.39, 0.29) is 12.3 Å². The molecule has 0 atom stereocenters. The minimum absolute atomic E-state index is 0.147. The van der Waals surface area contributed by atoms with E-state index in [2.05, 4.69) is 4.72 Å². The van der Waals surface area contributed by atoms with Crippen molar-refractivity contribution in [2.75, 3.05) is 24.6 Å². The Morgan fingerprint density at radius 3 is 2.72 bits per heavy atom. The lowest BCUT2D eigenvalue weighted by Crippen LogP contribution is -2.30. The highest BCUT2D eigenvalue weighted by Crippen LogP contribution is 2.18. The predicted octanol–water partition coefficient (Wildman–Crippen LogP) is 1.29. The van der Waals surface area contributed by atoms with E-state index in [1.54, 1.807) is 12.1 Å². The average molecular weight is 272 g/mol. The van der Waals surface area contributed by atoms with Crippen LogP contribution in [0, 0.1) is 6.92 Å². The summed E-state index contributed by atoms with van der Waals surface area (Å²) < 4.78 is 30.6.